The van der Waals surface area contributed by atoms with Gasteiger partial charge in [-0.15, -0.1) is 0 Å². The van der Waals surface area contributed by atoms with Crippen LogP contribution in [0.3, 0.4) is 0 Å². The molecule has 1 aliphatic rings. The molecule has 1 aliphatic heterocycles. The van der Waals surface area contributed by atoms with Crippen molar-refractivity contribution in [2.45, 2.75) is 52.4 Å². The van der Waals surface area contributed by atoms with Crippen LogP contribution in [0.5, 0.6) is 0 Å². The Bertz CT molecular complexity index is 333. The third-order valence-corrected chi connectivity index (χ3v) is 6.12. The van der Waals surface area contributed by atoms with E-state index in [4.69, 9.17) is 0 Å². The van der Waals surface area contributed by atoms with Gasteiger partial charge in [0.05, 0.1) is 10.1 Å². The van der Waals surface area contributed by atoms with Crippen molar-refractivity contribution in [2.24, 2.45) is 0 Å². The molecule has 0 aromatic carbocycles. The summed E-state index contributed by atoms with van der Waals surface area (Å²) in [6, 6.07) is 0. The molecule has 0 aromatic rings. The van der Waals surface area contributed by atoms with Crippen LogP contribution in [0.4, 0.5) is 0 Å². The molecule has 0 amide bonds. The molecule has 1 heterocycles. The third kappa shape index (κ3) is 12.7. The summed E-state index contributed by atoms with van der Waals surface area (Å²) in [5.41, 5.74) is 0. The average molecular weight is 310 g/mol. The first-order valence-electron chi connectivity index (χ1n) is 6.98. The van der Waals surface area contributed by atoms with Gasteiger partial charge in [-0.2, -0.15) is 0 Å². The van der Waals surface area contributed by atoms with Crippen molar-refractivity contribution < 1.29 is 17.8 Å². The van der Waals surface area contributed by atoms with E-state index in [1.807, 2.05) is 13.8 Å². The van der Waals surface area contributed by atoms with E-state index in [1.54, 1.807) is 0 Å². The summed E-state index contributed by atoms with van der Waals surface area (Å²) in [5, 5.41) is 0. The Kier molecular flexibility index (Phi) is 10.6. The lowest BCUT2D eigenvalue weighted by atomic mass is 10.3. The molecule has 19 heavy (non-hydrogen) atoms. The maximum Gasteiger partial charge on any atom is 0.181 e. The van der Waals surface area contributed by atoms with Crippen LogP contribution >= 0.6 is 0 Å². The second kappa shape index (κ2) is 10.7. The molecule has 0 bridgehead atoms. The largest absolute Gasteiger partial charge is 0.748 e. The fraction of sp³-hybridized carbons (Fsp3) is 0.923. The van der Waals surface area contributed by atoms with Crippen LogP contribution in [0.2, 0.25) is 0 Å². The van der Waals surface area contributed by atoms with E-state index in [1.165, 1.54) is 30.8 Å². The van der Waals surface area contributed by atoms with E-state index >= 15 is 0 Å². The lowest BCUT2D eigenvalue weighted by molar-refractivity contribution is -0.116. The van der Waals surface area contributed by atoms with Crippen LogP contribution in [-0.4, -0.2) is 41.8 Å². The highest BCUT2D eigenvalue weighted by molar-refractivity contribution is 7.97. The molecule has 0 atom stereocenters. The summed E-state index contributed by atoms with van der Waals surface area (Å²) in [6.45, 7) is 3.81. The van der Waals surface area contributed by atoms with Gasteiger partial charge in [0.15, 0.2) is 11.5 Å². The number of rotatable bonds is 6. The smallest absolute Gasteiger partial charge is 0.181 e. The van der Waals surface area contributed by atoms with Crippen LogP contribution in [-0.2, 0) is 25.8 Å². The van der Waals surface area contributed by atoms with Gasteiger partial charge in [0.25, 0.3) is 0 Å². The quantitative estimate of drug-likeness (QED) is 0.556. The topological polar surface area (TPSA) is 74.3 Å². The third-order valence-electron chi connectivity index (χ3n) is 2.87. The zero-order chi connectivity index (χ0) is 14.7. The minimum absolute atomic E-state index is 0.219. The van der Waals surface area contributed by atoms with Gasteiger partial charge in [-0.05, 0) is 36.6 Å². The predicted octanol–water partition coefficient (Wildman–Crippen LogP) is 2.10. The van der Waals surface area contributed by atoms with Crippen LogP contribution < -0.4 is 0 Å². The monoisotopic (exact) mass is 310 g/mol. The molecule has 1 saturated heterocycles. The number of hydrogen-bond acceptors (Lipinski definition) is 4. The summed E-state index contributed by atoms with van der Waals surface area (Å²) in [5.74, 6) is 3.78. The van der Waals surface area contributed by atoms with E-state index in [-0.39, 0.29) is 5.75 Å². The minimum Gasteiger partial charge on any atom is -0.748 e. The van der Waals surface area contributed by atoms with E-state index < -0.39 is 10.1 Å². The Morgan fingerprint density at radius 2 is 1.74 bits per heavy atom. The van der Waals surface area contributed by atoms with Crippen molar-refractivity contribution >= 4 is 26.8 Å². The first-order chi connectivity index (χ1) is 8.89. The van der Waals surface area contributed by atoms with Crippen molar-refractivity contribution in [3.8, 4) is 0 Å². The average Bonchev–Trinajstić information content (AvgIpc) is 2.37. The molecule has 0 aromatic heterocycles. The summed E-state index contributed by atoms with van der Waals surface area (Å²) in [7, 11) is -3.46. The lowest BCUT2D eigenvalue weighted by Gasteiger charge is -2.12. The first-order valence-corrected chi connectivity index (χ1v) is 10.3. The molecule has 1 fully saturated rings. The summed E-state index contributed by atoms with van der Waals surface area (Å²) >= 11 is 0. The molecule has 6 heteroatoms. The minimum atomic E-state index is -3.94. The summed E-state index contributed by atoms with van der Waals surface area (Å²) in [6.07, 6.45) is 6.08. The number of carbonyl (C=O) groups is 1. The lowest BCUT2D eigenvalue weighted by Crippen LogP contribution is -2.25. The molecule has 0 saturated carbocycles. The first kappa shape index (κ1) is 18.9. The fourth-order valence-electron chi connectivity index (χ4n) is 1.69. The SMILES string of the molecule is CCC(=O)C[S+]1CCCCC1.CCCCS(=O)(=O)[O-]. The standard InChI is InChI=1S/C9H17OS.C4H10O3S/c1-2-9(10)8-11-6-4-3-5-7-11;1-2-3-4-8(5,6)7/h2-8H2,1H3;2-4H2,1H3,(H,5,6,7)/q+1;/p-1. The van der Waals surface area contributed by atoms with Gasteiger partial charge in [-0.3, -0.25) is 4.79 Å². The molecule has 0 spiro atoms. The molecular formula is C13H26O4S2. The van der Waals surface area contributed by atoms with E-state index in [0.29, 0.717) is 23.1 Å². The molecule has 1 rings (SSSR count). The van der Waals surface area contributed by atoms with Crippen molar-refractivity contribution in [1.29, 1.82) is 0 Å². The molecule has 114 valence electrons. The highest BCUT2D eigenvalue weighted by Gasteiger charge is 2.23. The predicted molar refractivity (Wildman–Crippen MR) is 80.6 cm³/mol. The Balaban J connectivity index is 0.000000362. The van der Waals surface area contributed by atoms with Crippen molar-refractivity contribution in [1.82, 2.24) is 0 Å². The van der Waals surface area contributed by atoms with Crippen molar-refractivity contribution in [3.05, 3.63) is 0 Å². The van der Waals surface area contributed by atoms with Gasteiger partial charge in [-0.1, -0.05) is 20.3 Å². The molecule has 0 radical (unpaired) electrons. The van der Waals surface area contributed by atoms with Crippen LogP contribution in [0.1, 0.15) is 52.4 Å². The highest BCUT2D eigenvalue weighted by atomic mass is 32.2. The van der Waals surface area contributed by atoms with Crippen LogP contribution in [0, 0.1) is 0 Å². The van der Waals surface area contributed by atoms with Crippen LogP contribution in [0.25, 0.3) is 0 Å². The molecular weight excluding hydrogens is 284 g/mol. The Labute approximate surface area is 120 Å². The van der Waals surface area contributed by atoms with Gasteiger partial charge < -0.3 is 4.55 Å². The highest BCUT2D eigenvalue weighted by Crippen LogP contribution is 2.13. The molecule has 0 N–H and O–H groups in total. The number of hydrogen-bond donors (Lipinski definition) is 0. The maximum atomic E-state index is 11.1. The van der Waals surface area contributed by atoms with E-state index in [9.17, 15) is 17.8 Å². The number of unbranched alkanes of at least 4 members (excludes halogenated alkanes) is 1. The molecule has 4 nitrogen and oxygen atoms in total. The number of carbonyl (C=O) groups excluding carboxylic acids is 1. The van der Waals surface area contributed by atoms with Gasteiger partial charge in [0, 0.05) is 12.2 Å². The molecule has 0 unspecified atom stereocenters. The van der Waals surface area contributed by atoms with Gasteiger partial charge in [-0.25, -0.2) is 8.42 Å². The zero-order valence-electron chi connectivity index (χ0n) is 12.0. The Hall–Kier alpha value is -0.0700. The van der Waals surface area contributed by atoms with E-state index in [0.717, 1.165) is 18.6 Å². The second-order valence-corrected chi connectivity index (χ2v) is 8.59. The van der Waals surface area contributed by atoms with Crippen LogP contribution in [0.15, 0.2) is 0 Å². The second-order valence-electron chi connectivity index (χ2n) is 4.73. The maximum absolute atomic E-state index is 11.1. The van der Waals surface area contributed by atoms with E-state index in [2.05, 4.69) is 0 Å². The van der Waals surface area contributed by atoms with Gasteiger partial charge in [0.2, 0.25) is 0 Å². The Morgan fingerprint density at radius 1 is 1.16 bits per heavy atom. The normalized spacial score (nSPS) is 16.6. The van der Waals surface area contributed by atoms with Crippen molar-refractivity contribution in [3.63, 3.8) is 0 Å². The summed E-state index contributed by atoms with van der Waals surface area (Å²) < 4.78 is 29.5. The number of Topliss-reactive ketones (excluding diaryl/α,β-unsaturated/α-hetero) is 1. The molecule has 0 aliphatic carbocycles. The zero-order valence-corrected chi connectivity index (χ0v) is 13.7. The Morgan fingerprint density at radius 3 is 2.11 bits per heavy atom. The fourth-order valence-corrected chi connectivity index (χ4v) is 4.71. The number of ketones is 1. The van der Waals surface area contributed by atoms with Gasteiger partial charge >= 0.3 is 0 Å². The van der Waals surface area contributed by atoms with Gasteiger partial charge in [0.1, 0.15) is 11.5 Å². The van der Waals surface area contributed by atoms with Crippen molar-refractivity contribution in [2.75, 3.05) is 23.0 Å². The summed E-state index contributed by atoms with van der Waals surface area (Å²) in [4.78, 5) is 11.1.